The molecule has 0 spiro atoms. The van der Waals surface area contributed by atoms with Crippen LogP contribution >= 0.6 is 11.3 Å². The van der Waals surface area contributed by atoms with Gasteiger partial charge in [-0.15, -0.1) is 11.3 Å². The maximum Gasteiger partial charge on any atom is 0.243 e. The Morgan fingerprint density at radius 1 is 1.47 bits per heavy atom. The Hall–Kier alpha value is -1.92. The monoisotopic (exact) mass is 277 g/mol. The molecule has 3 rings (SSSR count). The van der Waals surface area contributed by atoms with E-state index in [9.17, 15) is 4.39 Å². The Balaban J connectivity index is 2.05. The van der Waals surface area contributed by atoms with Gasteiger partial charge in [-0.1, -0.05) is 6.07 Å². The van der Waals surface area contributed by atoms with Crippen LogP contribution in [0.4, 0.5) is 4.39 Å². The first-order valence-corrected chi connectivity index (χ1v) is 6.65. The molecular formula is C13H12FN3OS. The number of rotatable bonds is 3. The summed E-state index contributed by atoms with van der Waals surface area (Å²) in [6.07, 6.45) is 1.87. The van der Waals surface area contributed by atoms with Crippen molar-refractivity contribution in [2.75, 3.05) is 0 Å². The first-order chi connectivity index (χ1) is 9.19. The highest BCUT2D eigenvalue weighted by atomic mass is 32.1. The quantitative estimate of drug-likeness (QED) is 0.800. The van der Waals surface area contributed by atoms with E-state index in [1.807, 2.05) is 22.9 Å². The summed E-state index contributed by atoms with van der Waals surface area (Å²) < 4.78 is 21.1. The van der Waals surface area contributed by atoms with Crippen LogP contribution in [0, 0.1) is 12.7 Å². The van der Waals surface area contributed by atoms with Gasteiger partial charge in [0.15, 0.2) is 16.5 Å². The molecule has 19 heavy (non-hydrogen) atoms. The van der Waals surface area contributed by atoms with E-state index < -0.39 is 5.82 Å². The van der Waals surface area contributed by atoms with Crippen LogP contribution in [0.5, 0.6) is 11.6 Å². The van der Waals surface area contributed by atoms with E-state index in [1.165, 1.54) is 17.4 Å². The Labute approximate surface area is 113 Å². The largest absolute Gasteiger partial charge is 0.434 e. The molecule has 2 aromatic heterocycles. The molecule has 0 saturated heterocycles. The van der Waals surface area contributed by atoms with E-state index in [4.69, 9.17) is 10.5 Å². The Kier molecular flexibility index (Phi) is 2.96. The molecule has 0 radical (unpaired) electrons. The lowest BCUT2D eigenvalue weighted by Gasteiger charge is -2.06. The maximum atomic E-state index is 13.7. The van der Waals surface area contributed by atoms with Gasteiger partial charge in [0.2, 0.25) is 5.88 Å². The minimum absolute atomic E-state index is 0.167. The molecule has 0 aliphatic carbocycles. The number of thiazole rings is 1. The van der Waals surface area contributed by atoms with Crippen molar-refractivity contribution < 1.29 is 9.13 Å². The number of hydrogen-bond donors (Lipinski definition) is 1. The first-order valence-electron chi connectivity index (χ1n) is 5.77. The van der Waals surface area contributed by atoms with Gasteiger partial charge in [-0.25, -0.2) is 4.39 Å². The summed E-state index contributed by atoms with van der Waals surface area (Å²) in [6, 6.07) is 4.71. The summed E-state index contributed by atoms with van der Waals surface area (Å²) in [7, 11) is 0. The highest BCUT2D eigenvalue weighted by Gasteiger charge is 2.15. The van der Waals surface area contributed by atoms with Gasteiger partial charge in [0.1, 0.15) is 5.69 Å². The number of ether oxygens (including phenoxy) is 1. The molecule has 2 N–H and O–H groups in total. The summed E-state index contributed by atoms with van der Waals surface area (Å²) in [5, 5.41) is 1.92. The van der Waals surface area contributed by atoms with Gasteiger partial charge in [-0.3, -0.25) is 4.40 Å². The summed E-state index contributed by atoms with van der Waals surface area (Å²) in [5.41, 5.74) is 7.37. The predicted molar refractivity (Wildman–Crippen MR) is 72.2 cm³/mol. The average Bonchev–Trinajstić information content (AvgIpc) is 2.94. The number of imidazole rings is 1. The Morgan fingerprint density at radius 2 is 2.32 bits per heavy atom. The van der Waals surface area contributed by atoms with Crippen molar-refractivity contribution in [3.63, 3.8) is 0 Å². The minimum atomic E-state index is -0.412. The normalized spacial score (nSPS) is 11.1. The molecule has 0 atom stereocenters. The van der Waals surface area contributed by atoms with Crippen LogP contribution in [0.15, 0.2) is 29.8 Å². The molecule has 2 heterocycles. The van der Waals surface area contributed by atoms with Crippen LogP contribution in [0.1, 0.15) is 11.3 Å². The number of halogens is 1. The van der Waals surface area contributed by atoms with Gasteiger partial charge < -0.3 is 10.5 Å². The predicted octanol–water partition coefficient (Wildman–Crippen LogP) is 3.09. The molecule has 0 fully saturated rings. The fourth-order valence-corrected chi connectivity index (χ4v) is 2.60. The third kappa shape index (κ3) is 2.09. The van der Waals surface area contributed by atoms with Gasteiger partial charge in [0.25, 0.3) is 0 Å². The molecule has 0 unspecified atom stereocenters. The molecule has 0 saturated carbocycles. The SMILES string of the molecule is Cc1ccc(F)c(Oc2nc3sccn3c2CN)c1. The summed E-state index contributed by atoms with van der Waals surface area (Å²) in [6.45, 7) is 2.16. The van der Waals surface area contributed by atoms with Crippen LogP contribution in [-0.2, 0) is 6.54 Å². The molecule has 0 bridgehead atoms. The van der Waals surface area contributed by atoms with E-state index in [0.717, 1.165) is 16.2 Å². The molecule has 4 nitrogen and oxygen atoms in total. The second-order valence-corrected chi connectivity index (χ2v) is 5.03. The van der Waals surface area contributed by atoms with Crippen molar-refractivity contribution in [3.8, 4) is 11.6 Å². The lowest BCUT2D eigenvalue weighted by molar-refractivity contribution is 0.424. The number of fused-ring (bicyclic) bond motifs is 1. The maximum absolute atomic E-state index is 13.7. The van der Waals surface area contributed by atoms with Crippen LogP contribution < -0.4 is 10.5 Å². The highest BCUT2D eigenvalue weighted by Crippen LogP contribution is 2.29. The zero-order valence-electron chi connectivity index (χ0n) is 10.3. The molecule has 6 heteroatoms. The van der Waals surface area contributed by atoms with Crippen molar-refractivity contribution >= 4 is 16.3 Å². The summed E-state index contributed by atoms with van der Waals surface area (Å²) in [4.78, 5) is 5.10. The molecular weight excluding hydrogens is 265 g/mol. The van der Waals surface area contributed by atoms with Crippen LogP contribution in [0.3, 0.4) is 0 Å². The van der Waals surface area contributed by atoms with E-state index in [2.05, 4.69) is 4.98 Å². The number of nitrogens with two attached hydrogens (primary N) is 1. The standard InChI is InChI=1S/C13H12FN3OS/c1-8-2-3-9(14)11(6-8)18-12-10(7-15)17-4-5-19-13(17)16-12/h2-6H,7,15H2,1H3. The van der Waals surface area contributed by atoms with Crippen LogP contribution in [0.25, 0.3) is 4.96 Å². The molecule has 0 aliphatic heterocycles. The van der Waals surface area contributed by atoms with Crippen LogP contribution in [0.2, 0.25) is 0 Å². The molecule has 98 valence electrons. The summed E-state index contributed by atoms with van der Waals surface area (Å²) in [5.74, 6) is 0.115. The topological polar surface area (TPSA) is 52.5 Å². The fraction of sp³-hybridized carbons (Fsp3) is 0.154. The zero-order chi connectivity index (χ0) is 13.4. The number of benzene rings is 1. The Morgan fingerprint density at radius 3 is 3.11 bits per heavy atom. The fourth-order valence-electron chi connectivity index (χ4n) is 1.87. The number of nitrogens with zero attached hydrogens (tertiary/aromatic N) is 2. The molecule has 0 aliphatic rings. The van der Waals surface area contributed by atoms with Crippen molar-refractivity contribution in [2.45, 2.75) is 13.5 Å². The van der Waals surface area contributed by atoms with Crippen LogP contribution in [-0.4, -0.2) is 9.38 Å². The smallest absolute Gasteiger partial charge is 0.243 e. The van der Waals surface area contributed by atoms with Gasteiger partial charge in [-0.2, -0.15) is 4.98 Å². The molecule has 0 amide bonds. The molecule has 1 aromatic carbocycles. The number of aromatic nitrogens is 2. The third-order valence-electron chi connectivity index (χ3n) is 2.81. The third-order valence-corrected chi connectivity index (χ3v) is 3.57. The average molecular weight is 277 g/mol. The highest BCUT2D eigenvalue weighted by molar-refractivity contribution is 7.15. The van der Waals surface area contributed by atoms with Crippen molar-refractivity contribution in [1.82, 2.24) is 9.38 Å². The Bertz CT molecular complexity index is 735. The van der Waals surface area contributed by atoms with Gasteiger partial charge in [0.05, 0.1) is 0 Å². The second kappa shape index (κ2) is 4.64. The van der Waals surface area contributed by atoms with E-state index in [-0.39, 0.29) is 12.3 Å². The number of aryl methyl sites for hydroxylation is 1. The number of hydrogen-bond acceptors (Lipinski definition) is 4. The summed E-state index contributed by atoms with van der Waals surface area (Å²) >= 11 is 1.48. The van der Waals surface area contributed by atoms with Gasteiger partial charge >= 0.3 is 0 Å². The lowest BCUT2D eigenvalue weighted by Crippen LogP contribution is -2.02. The van der Waals surface area contributed by atoms with Crippen molar-refractivity contribution in [1.29, 1.82) is 0 Å². The first kappa shape index (κ1) is 12.1. The van der Waals surface area contributed by atoms with Crippen molar-refractivity contribution in [3.05, 3.63) is 46.9 Å². The minimum Gasteiger partial charge on any atom is -0.434 e. The van der Waals surface area contributed by atoms with E-state index >= 15 is 0 Å². The lowest BCUT2D eigenvalue weighted by atomic mass is 10.2. The second-order valence-electron chi connectivity index (χ2n) is 4.16. The van der Waals surface area contributed by atoms with Gasteiger partial charge in [0, 0.05) is 18.1 Å². The van der Waals surface area contributed by atoms with E-state index in [0.29, 0.717) is 5.88 Å². The van der Waals surface area contributed by atoms with E-state index in [1.54, 1.807) is 12.1 Å². The zero-order valence-corrected chi connectivity index (χ0v) is 11.1. The molecule has 3 aromatic rings. The van der Waals surface area contributed by atoms with Gasteiger partial charge in [-0.05, 0) is 24.6 Å². The van der Waals surface area contributed by atoms with Crippen molar-refractivity contribution in [2.24, 2.45) is 5.73 Å².